The highest BCUT2D eigenvalue weighted by molar-refractivity contribution is 5.87. The number of furan rings is 1. The number of ether oxygens (including phenoxy) is 1. The summed E-state index contributed by atoms with van der Waals surface area (Å²) in [4.78, 5) is 15.8. The van der Waals surface area contributed by atoms with E-state index < -0.39 is 5.91 Å². The fourth-order valence-corrected chi connectivity index (χ4v) is 2.42. The van der Waals surface area contributed by atoms with Crippen molar-refractivity contribution < 1.29 is 13.9 Å². The molecule has 27 heavy (non-hydrogen) atoms. The van der Waals surface area contributed by atoms with E-state index in [4.69, 9.17) is 9.15 Å². The predicted molar refractivity (Wildman–Crippen MR) is 98.8 cm³/mol. The number of benzene rings is 2. The summed E-state index contributed by atoms with van der Waals surface area (Å²) >= 11 is 0. The Morgan fingerprint density at radius 2 is 2.00 bits per heavy atom. The second-order valence-corrected chi connectivity index (χ2v) is 5.58. The highest BCUT2D eigenvalue weighted by atomic mass is 16.5. The number of amides is 1. The molecule has 1 N–H and O–H groups in total. The lowest BCUT2D eigenvalue weighted by Gasteiger charge is -2.00. The van der Waals surface area contributed by atoms with Crippen LogP contribution in [0.15, 0.2) is 76.5 Å². The van der Waals surface area contributed by atoms with Gasteiger partial charge in [0.25, 0.3) is 5.91 Å². The molecule has 0 aliphatic carbocycles. The number of para-hydroxylation sites is 2. The summed E-state index contributed by atoms with van der Waals surface area (Å²) in [6.45, 7) is -0.254. The van der Waals surface area contributed by atoms with Gasteiger partial charge in [-0.1, -0.05) is 36.4 Å². The fraction of sp³-hybridized carbons (Fsp3) is 0.0526. The topological polar surface area (TPSA) is 94.5 Å². The van der Waals surface area contributed by atoms with Crippen LogP contribution >= 0.6 is 0 Å². The summed E-state index contributed by atoms with van der Waals surface area (Å²) in [6.07, 6.45) is 2.95. The van der Waals surface area contributed by atoms with Gasteiger partial charge in [0.05, 0.1) is 11.9 Å². The van der Waals surface area contributed by atoms with Gasteiger partial charge in [-0.2, -0.15) is 10.1 Å². The van der Waals surface area contributed by atoms with Crippen molar-refractivity contribution in [3.05, 3.63) is 72.8 Å². The molecule has 0 spiro atoms. The molecule has 0 atom stereocenters. The maximum atomic E-state index is 11.8. The zero-order chi connectivity index (χ0) is 18.5. The van der Waals surface area contributed by atoms with E-state index in [1.165, 1.54) is 12.5 Å². The van der Waals surface area contributed by atoms with E-state index in [0.717, 1.165) is 16.7 Å². The Bertz CT molecular complexity index is 1050. The van der Waals surface area contributed by atoms with Crippen molar-refractivity contribution in [2.45, 2.75) is 0 Å². The molecule has 2 aromatic heterocycles. The van der Waals surface area contributed by atoms with Crippen molar-refractivity contribution in [2.75, 3.05) is 6.61 Å². The van der Waals surface area contributed by atoms with E-state index in [1.54, 1.807) is 4.68 Å². The number of fused-ring (bicyclic) bond motifs is 1. The Hall–Kier alpha value is -3.94. The molecule has 8 heteroatoms. The van der Waals surface area contributed by atoms with Crippen LogP contribution < -0.4 is 10.2 Å². The minimum atomic E-state index is -0.432. The lowest BCUT2D eigenvalue weighted by molar-refractivity contribution is -0.123. The molecule has 2 aromatic carbocycles. The van der Waals surface area contributed by atoms with Crippen molar-refractivity contribution >= 4 is 23.1 Å². The molecular formula is C19H15N5O3. The largest absolute Gasteiger partial charge is 0.455 e. The molecule has 4 rings (SSSR count). The van der Waals surface area contributed by atoms with Crippen LogP contribution in [0.5, 0.6) is 6.01 Å². The summed E-state index contributed by atoms with van der Waals surface area (Å²) in [5.41, 5.74) is 3.97. The first kappa shape index (κ1) is 16.5. The third-order valence-electron chi connectivity index (χ3n) is 3.65. The van der Waals surface area contributed by atoms with Crippen molar-refractivity contribution in [1.82, 2.24) is 20.2 Å². The van der Waals surface area contributed by atoms with Gasteiger partial charge in [-0.05, 0) is 24.3 Å². The van der Waals surface area contributed by atoms with E-state index in [9.17, 15) is 4.79 Å². The summed E-state index contributed by atoms with van der Waals surface area (Å²) in [7, 11) is 0. The molecule has 0 radical (unpaired) electrons. The number of hydrogen-bond donors (Lipinski definition) is 1. The van der Waals surface area contributed by atoms with Crippen LogP contribution in [0.25, 0.3) is 16.7 Å². The number of aromatic nitrogens is 3. The molecule has 2 heterocycles. The smallest absolute Gasteiger partial charge is 0.336 e. The second kappa shape index (κ2) is 7.52. The summed E-state index contributed by atoms with van der Waals surface area (Å²) in [5, 5.41) is 8.98. The second-order valence-electron chi connectivity index (χ2n) is 5.58. The Morgan fingerprint density at radius 3 is 2.85 bits per heavy atom. The van der Waals surface area contributed by atoms with E-state index in [0.29, 0.717) is 5.76 Å². The molecule has 4 aromatic rings. The van der Waals surface area contributed by atoms with Crippen LogP contribution in [0.4, 0.5) is 0 Å². The predicted octanol–water partition coefficient (Wildman–Crippen LogP) is 2.54. The monoisotopic (exact) mass is 361 g/mol. The fourth-order valence-electron chi connectivity index (χ4n) is 2.42. The van der Waals surface area contributed by atoms with E-state index in [2.05, 4.69) is 20.6 Å². The van der Waals surface area contributed by atoms with Gasteiger partial charge in [-0.25, -0.2) is 10.1 Å². The molecule has 0 fully saturated rings. The Morgan fingerprint density at radius 1 is 1.19 bits per heavy atom. The van der Waals surface area contributed by atoms with Crippen LogP contribution in [-0.2, 0) is 4.79 Å². The molecule has 0 saturated carbocycles. The average molecular weight is 361 g/mol. The maximum Gasteiger partial charge on any atom is 0.336 e. The van der Waals surface area contributed by atoms with Crippen molar-refractivity contribution in [1.29, 1.82) is 0 Å². The van der Waals surface area contributed by atoms with Crippen LogP contribution in [0.3, 0.4) is 0 Å². The van der Waals surface area contributed by atoms with Crippen molar-refractivity contribution in [3.63, 3.8) is 0 Å². The third kappa shape index (κ3) is 4.01. The zero-order valence-electron chi connectivity index (χ0n) is 14.1. The quantitative estimate of drug-likeness (QED) is 0.421. The van der Waals surface area contributed by atoms with E-state index in [-0.39, 0.29) is 12.6 Å². The Balaban J connectivity index is 1.29. The van der Waals surface area contributed by atoms with Crippen molar-refractivity contribution in [3.8, 4) is 11.7 Å². The van der Waals surface area contributed by atoms with Crippen LogP contribution in [0.2, 0.25) is 0 Å². The lowest BCUT2D eigenvalue weighted by Crippen LogP contribution is -2.24. The third-order valence-corrected chi connectivity index (χ3v) is 3.65. The highest BCUT2D eigenvalue weighted by Crippen LogP contribution is 2.17. The Kier molecular flexibility index (Phi) is 4.60. The number of nitrogens with zero attached hydrogens (tertiary/aromatic N) is 4. The molecule has 0 bridgehead atoms. The molecule has 0 unspecified atom stereocenters. The molecule has 8 nitrogen and oxygen atoms in total. The molecular weight excluding hydrogens is 346 g/mol. The summed E-state index contributed by atoms with van der Waals surface area (Å²) in [6, 6.07) is 19.0. The zero-order valence-corrected chi connectivity index (χ0v) is 14.1. The van der Waals surface area contributed by atoms with Gasteiger partial charge in [0.15, 0.2) is 6.61 Å². The molecule has 1 amide bonds. The van der Waals surface area contributed by atoms with Gasteiger partial charge in [0, 0.05) is 5.39 Å². The first-order valence-corrected chi connectivity index (χ1v) is 8.18. The number of carbonyl (C=O) groups excluding carboxylic acids is 1. The molecule has 0 aliphatic heterocycles. The van der Waals surface area contributed by atoms with Crippen molar-refractivity contribution in [2.24, 2.45) is 5.10 Å². The van der Waals surface area contributed by atoms with Gasteiger partial charge < -0.3 is 9.15 Å². The van der Waals surface area contributed by atoms with Gasteiger partial charge in [-0.3, -0.25) is 4.79 Å². The van der Waals surface area contributed by atoms with E-state index >= 15 is 0 Å². The molecule has 134 valence electrons. The lowest BCUT2D eigenvalue weighted by atomic mass is 10.2. The number of hydrazone groups is 1. The SMILES string of the molecule is O=C(COc1ncn(-c2ccccc2)n1)N/N=C/c1cc2ccccc2o1. The van der Waals surface area contributed by atoms with Crippen LogP contribution in [0, 0.1) is 0 Å². The number of nitrogens with one attached hydrogen (secondary N) is 1. The van der Waals surface area contributed by atoms with Gasteiger partial charge in [0.1, 0.15) is 17.7 Å². The summed E-state index contributed by atoms with van der Waals surface area (Å²) < 4.78 is 12.4. The van der Waals surface area contributed by atoms with Gasteiger partial charge >= 0.3 is 6.01 Å². The van der Waals surface area contributed by atoms with E-state index in [1.807, 2.05) is 60.7 Å². The molecule has 0 saturated heterocycles. The Labute approximate surface area is 154 Å². The number of hydrogen-bond acceptors (Lipinski definition) is 6. The average Bonchev–Trinajstić information content (AvgIpc) is 3.34. The van der Waals surface area contributed by atoms with Gasteiger partial charge in [0.2, 0.25) is 0 Å². The first-order valence-electron chi connectivity index (χ1n) is 8.18. The van der Waals surface area contributed by atoms with Crippen LogP contribution in [-0.4, -0.2) is 33.5 Å². The van der Waals surface area contributed by atoms with Gasteiger partial charge in [-0.15, -0.1) is 5.10 Å². The minimum Gasteiger partial charge on any atom is -0.455 e. The normalized spacial score (nSPS) is 11.1. The number of carbonyl (C=O) groups is 1. The minimum absolute atomic E-state index is 0.107. The standard InChI is InChI=1S/C19H15N5O3/c25-18(22-21-11-16-10-14-6-4-5-9-17(14)27-16)12-26-19-20-13-24(23-19)15-7-2-1-3-8-15/h1-11,13H,12H2,(H,22,25)/b21-11+. The maximum absolute atomic E-state index is 11.8. The molecule has 0 aliphatic rings. The summed E-state index contributed by atoms with van der Waals surface area (Å²) in [5.74, 6) is 0.110. The number of rotatable bonds is 6. The first-order chi connectivity index (χ1) is 13.3. The van der Waals surface area contributed by atoms with Crippen LogP contribution in [0.1, 0.15) is 5.76 Å². The highest BCUT2D eigenvalue weighted by Gasteiger charge is 2.07.